The van der Waals surface area contributed by atoms with E-state index in [1.807, 2.05) is 25.1 Å². The van der Waals surface area contributed by atoms with E-state index in [4.69, 9.17) is 6.42 Å². The number of nitrogens with zero attached hydrogens (tertiary/aromatic N) is 1. The first-order chi connectivity index (χ1) is 12.4. The van der Waals surface area contributed by atoms with Crippen LogP contribution in [0.2, 0.25) is 0 Å². The molecule has 8 heteroatoms. The van der Waals surface area contributed by atoms with Gasteiger partial charge in [0.05, 0.1) is 21.7 Å². The molecule has 3 rings (SSSR count). The van der Waals surface area contributed by atoms with Crippen LogP contribution in [0.5, 0.6) is 0 Å². The summed E-state index contributed by atoms with van der Waals surface area (Å²) in [5.41, 5.74) is 2.07. The zero-order valence-electron chi connectivity index (χ0n) is 13.8. The molecule has 0 bridgehead atoms. The van der Waals surface area contributed by atoms with Crippen LogP contribution in [0.15, 0.2) is 47.4 Å². The smallest absolute Gasteiger partial charge is 0.257 e. The summed E-state index contributed by atoms with van der Waals surface area (Å²) in [6, 6.07) is 11.5. The van der Waals surface area contributed by atoms with E-state index in [9.17, 15) is 13.2 Å². The first kappa shape index (κ1) is 18.1. The molecule has 1 amide bonds. The number of para-hydroxylation sites is 1. The van der Waals surface area contributed by atoms with E-state index in [0.29, 0.717) is 5.13 Å². The lowest BCUT2D eigenvalue weighted by Gasteiger charge is -2.06. The minimum atomic E-state index is -3.76. The quantitative estimate of drug-likeness (QED) is 0.661. The molecule has 0 saturated heterocycles. The van der Waals surface area contributed by atoms with Crippen LogP contribution in [-0.2, 0) is 10.0 Å². The predicted octanol–water partition coefficient (Wildman–Crippen LogP) is 2.77. The number of aryl methyl sites for hydroxylation is 1. The zero-order chi connectivity index (χ0) is 18.7. The number of amides is 1. The van der Waals surface area contributed by atoms with Crippen molar-refractivity contribution in [3.05, 3.63) is 53.6 Å². The van der Waals surface area contributed by atoms with Crippen LogP contribution in [0.1, 0.15) is 15.9 Å². The summed E-state index contributed by atoms with van der Waals surface area (Å²) in [5.74, 6) is 1.77. The number of aromatic nitrogens is 1. The molecule has 0 aliphatic rings. The molecule has 0 unspecified atom stereocenters. The average molecular weight is 385 g/mol. The topological polar surface area (TPSA) is 88.2 Å². The minimum absolute atomic E-state index is 0.0273. The van der Waals surface area contributed by atoms with Gasteiger partial charge in [-0.2, -0.15) is 4.72 Å². The van der Waals surface area contributed by atoms with Gasteiger partial charge < -0.3 is 0 Å². The highest BCUT2D eigenvalue weighted by atomic mass is 32.2. The standard InChI is InChI=1S/C18H15N3O3S2/c1-3-10-19-26(23,24)14-8-5-7-13(11-14)17(22)21-18-20-16-12(2)6-4-9-15(16)25-18/h1,4-9,11,19H,10H2,2H3,(H,20,21,22). The summed E-state index contributed by atoms with van der Waals surface area (Å²) >= 11 is 1.36. The summed E-state index contributed by atoms with van der Waals surface area (Å²) in [7, 11) is -3.76. The van der Waals surface area contributed by atoms with Gasteiger partial charge in [-0.1, -0.05) is 35.5 Å². The molecule has 0 saturated carbocycles. The number of sulfonamides is 1. The van der Waals surface area contributed by atoms with Gasteiger partial charge in [0.25, 0.3) is 5.91 Å². The molecule has 1 aromatic heterocycles. The molecule has 0 aliphatic heterocycles. The maximum Gasteiger partial charge on any atom is 0.257 e. The molecule has 2 aromatic carbocycles. The Balaban J connectivity index is 1.85. The number of anilines is 1. The number of carbonyl (C=O) groups is 1. The van der Waals surface area contributed by atoms with Crippen molar-refractivity contribution in [1.82, 2.24) is 9.71 Å². The third-order valence-electron chi connectivity index (χ3n) is 3.61. The maximum atomic E-state index is 12.5. The lowest BCUT2D eigenvalue weighted by atomic mass is 10.2. The van der Waals surface area contributed by atoms with E-state index in [1.165, 1.54) is 35.6 Å². The van der Waals surface area contributed by atoms with Gasteiger partial charge in [-0.3, -0.25) is 10.1 Å². The molecule has 132 valence electrons. The van der Waals surface area contributed by atoms with Gasteiger partial charge >= 0.3 is 0 Å². The fourth-order valence-corrected chi connectivity index (χ4v) is 4.25. The first-order valence-corrected chi connectivity index (χ1v) is 9.91. The van der Waals surface area contributed by atoms with E-state index in [-0.39, 0.29) is 17.0 Å². The van der Waals surface area contributed by atoms with Crippen molar-refractivity contribution in [2.75, 3.05) is 11.9 Å². The zero-order valence-corrected chi connectivity index (χ0v) is 15.4. The number of benzene rings is 2. The SMILES string of the molecule is C#CCNS(=O)(=O)c1cccc(C(=O)Nc2nc3c(C)cccc3s2)c1. The van der Waals surface area contributed by atoms with Crippen molar-refractivity contribution in [3.8, 4) is 12.3 Å². The van der Waals surface area contributed by atoms with Crippen LogP contribution in [-0.4, -0.2) is 25.9 Å². The summed E-state index contributed by atoms with van der Waals surface area (Å²) in [6.07, 6.45) is 5.07. The number of fused-ring (bicyclic) bond motifs is 1. The highest BCUT2D eigenvalue weighted by Gasteiger charge is 2.16. The number of hydrogen-bond donors (Lipinski definition) is 2. The molecule has 2 N–H and O–H groups in total. The molecule has 0 spiro atoms. The minimum Gasteiger partial charge on any atom is -0.298 e. The Morgan fingerprint density at radius 3 is 2.77 bits per heavy atom. The van der Waals surface area contributed by atoms with Gasteiger partial charge in [0.15, 0.2) is 5.13 Å². The Bertz CT molecular complexity index is 1130. The summed E-state index contributed by atoms with van der Waals surface area (Å²) in [6.45, 7) is 1.83. The van der Waals surface area contributed by atoms with Gasteiger partial charge in [-0.25, -0.2) is 13.4 Å². The monoisotopic (exact) mass is 385 g/mol. The Hall–Kier alpha value is -2.73. The molecule has 0 atom stereocenters. The van der Waals surface area contributed by atoms with Crippen molar-refractivity contribution < 1.29 is 13.2 Å². The van der Waals surface area contributed by atoms with Crippen LogP contribution >= 0.6 is 11.3 Å². The van der Waals surface area contributed by atoms with E-state index >= 15 is 0 Å². The normalized spacial score (nSPS) is 11.2. The number of hydrogen-bond acceptors (Lipinski definition) is 5. The predicted molar refractivity (Wildman–Crippen MR) is 103 cm³/mol. The van der Waals surface area contributed by atoms with Crippen molar-refractivity contribution >= 4 is 42.6 Å². The Kier molecular flexibility index (Phi) is 5.04. The number of thiazole rings is 1. The average Bonchev–Trinajstić information content (AvgIpc) is 3.04. The molecule has 1 heterocycles. The molecule has 0 aliphatic carbocycles. The van der Waals surface area contributed by atoms with E-state index in [2.05, 4.69) is 20.9 Å². The second-order valence-electron chi connectivity index (χ2n) is 5.45. The number of nitrogens with one attached hydrogen (secondary N) is 2. The number of terminal acetylenes is 1. The summed E-state index contributed by atoms with van der Waals surface area (Å²) in [4.78, 5) is 16.9. The Morgan fingerprint density at radius 2 is 2.04 bits per heavy atom. The molecular formula is C18H15N3O3S2. The van der Waals surface area contributed by atoms with Gasteiger partial charge in [0, 0.05) is 5.56 Å². The molecular weight excluding hydrogens is 370 g/mol. The van der Waals surface area contributed by atoms with Crippen molar-refractivity contribution in [2.45, 2.75) is 11.8 Å². The van der Waals surface area contributed by atoms with E-state index in [1.54, 1.807) is 0 Å². The molecule has 6 nitrogen and oxygen atoms in total. The molecule has 0 radical (unpaired) electrons. The second-order valence-corrected chi connectivity index (χ2v) is 8.25. The van der Waals surface area contributed by atoms with E-state index < -0.39 is 15.9 Å². The summed E-state index contributed by atoms with van der Waals surface area (Å²) < 4.78 is 27.5. The van der Waals surface area contributed by atoms with Gasteiger partial charge in [-0.15, -0.1) is 6.42 Å². The third kappa shape index (κ3) is 3.75. The number of rotatable bonds is 5. The van der Waals surface area contributed by atoms with Crippen LogP contribution in [0.4, 0.5) is 5.13 Å². The highest BCUT2D eigenvalue weighted by molar-refractivity contribution is 7.89. The van der Waals surface area contributed by atoms with Crippen LogP contribution < -0.4 is 10.0 Å². The fraction of sp³-hybridized carbons (Fsp3) is 0.111. The van der Waals surface area contributed by atoms with E-state index in [0.717, 1.165) is 15.8 Å². The van der Waals surface area contributed by atoms with Crippen LogP contribution in [0.25, 0.3) is 10.2 Å². The first-order valence-electron chi connectivity index (χ1n) is 7.61. The molecule has 3 aromatic rings. The Morgan fingerprint density at radius 1 is 1.27 bits per heavy atom. The Labute approximate surface area is 155 Å². The second kappa shape index (κ2) is 7.25. The fourth-order valence-electron chi connectivity index (χ4n) is 2.33. The van der Waals surface area contributed by atoms with Gasteiger partial charge in [0.2, 0.25) is 10.0 Å². The van der Waals surface area contributed by atoms with Crippen LogP contribution in [0.3, 0.4) is 0 Å². The lowest BCUT2D eigenvalue weighted by Crippen LogP contribution is -2.24. The molecule has 0 fully saturated rings. The molecule has 26 heavy (non-hydrogen) atoms. The van der Waals surface area contributed by atoms with Crippen LogP contribution in [0, 0.1) is 19.3 Å². The lowest BCUT2D eigenvalue weighted by molar-refractivity contribution is 0.102. The highest BCUT2D eigenvalue weighted by Crippen LogP contribution is 2.28. The third-order valence-corrected chi connectivity index (χ3v) is 5.95. The maximum absolute atomic E-state index is 12.5. The van der Waals surface area contributed by atoms with Gasteiger partial charge in [0.1, 0.15) is 0 Å². The number of carbonyl (C=O) groups excluding carboxylic acids is 1. The van der Waals surface area contributed by atoms with Gasteiger partial charge in [-0.05, 0) is 36.8 Å². The van der Waals surface area contributed by atoms with Crippen molar-refractivity contribution in [1.29, 1.82) is 0 Å². The van der Waals surface area contributed by atoms with Crippen molar-refractivity contribution in [2.24, 2.45) is 0 Å². The largest absolute Gasteiger partial charge is 0.298 e. The summed E-state index contributed by atoms with van der Waals surface area (Å²) in [5, 5.41) is 3.17. The van der Waals surface area contributed by atoms with Crippen molar-refractivity contribution in [3.63, 3.8) is 0 Å².